The normalized spacial score (nSPS) is 15.4. The minimum absolute atomic E-state index is 0.287. The van der Waals surface area contributed by atoms with Gasteiger partial charge in [-0.3, -0.25) is 4.79 Å². The number of rotatable bonds is 5. The summed E-state index contributed by atoms with van der Waals surface area (Å²) in [5.41, 5.74) is -1.08. The zero-order valence-corrected chi connectivity index (χ0v) is 17.0. The van der Waals surface area contributed by atoms with E-state index < -0.39 is 23.2 Å². The van der Waals surface area contributed by atoms with E-state index in [-0.39, 0.29) is 18.7 Å². The number of carbonyl (C=O) groups is 1. The fraction of sp³-hybridized carbons (Fsp3) is 0.476. The van der Waals surface area contributed by atoms with Crippen molar-refractivity contribution in [2.75, 3.05) is 31.1 Å². The van der Waals surface area contributed by atoms with Gasteiger partial charge in [-0.25, -0.2) is 9.97 Å². The zero-order chi connectivity index (χ0) is 21.9. The van der Waals surface area contributed by atoms with Crippen LogP contribution in [0, 0.1) is 0 Å². The molecule has 2 aromatic rings. The number of anilines is 1. The molecule has 0 atom stereocenters. The maximum Gasteiger partial charge on any atom is 0.417 e. The molecular weight excluding hydrogens is 397 g/mol. The van der Waals surface area contributed by atoms with Crippen LogP contribution in [0.2, 0.25) is 0 Å². The van der Waals surface area contributed by atoms with Crippen molar-refractivity contribution in [3.63, 3.8) is 0 Å². The van der Waals surface area contributed by atoms with Crippen LogP contribution >= 0.6 is 0 Å². The molecule has 0 spiro atoms. The second kappa shape index (κ2) is 8.59. The monoisotopic (exact) mass is 422 g/mol. The molecule has 1 aromatic carbocycles. The molecule has 1 aliphatic heterocycles. The molecule has 1 aromatic heterocycles. The van der Waals surface area contributed by atoms with Gasteiger partial charge >= 0.3 is 6.18 Å². The van der Waals surface area contributed by atoms with Crippen molar-refractivity contribution in [2.24, 2.45) is 0 Å². The number of aromatic nitrogens is 2. The van der Waals surface area contributed by atoms with Crippen LogP contribution in [0.4, 0.5) is 19.1 Å². The Morgan fingerprint density at radius 1 is 1.07 bits per heavy atom. The molecule has 1 fully saturated rings. The molecular formula is C21H25F3N4O2. The number of hydrogen-bond donors (Lipinski definition) is 1. The van der Waals surface area contributed by atoms with E-state index in [9.17, 15) is 23.1 Å². The van der Waals surface area contributed by atoms with Crippen molar-refractivity contribution in [3.8, 4) is 0 Å². The molecule has 1 amide bonds. The molecule has 1 aliphatic rings. The summed E-state index contributed by atoms with van der Waals surface area (Å²) in [5.74, 6) is -0.102. The van der Waals surface area contributed by atoms with Gasteiger partial charge in [-0.15, -0.1) is 0 Å². The highest BCUT2D eigenvalue weighted by Gasteiger charge is 2.36. The van der Waals surface area contributed by atoms with Crippen molar-refractivity contribution in [2.45, 2.75) is 38.5 Å². The van der Waals surface area contributed by atoms with Gasteiger partial charge in [0.2, 0.25) is 5.95 Å². The topological polar surface area (TPSA) is 69.6 Å². The number of amides is 1. The first-order chi connectivity index (χ1) is 14.0. The van der Waals surface area contributed by atoms with E-state index in [2.05, 4.69) is 9.97 Å². The fourth-order valence-electron chi connectivity index (χ4n) is 3.29. The number of carbonyl (C=O) groups excluding carboxylic acids is 1. The van der Waals surface area contributed by atoms with Crippen molar-refractivity contribution in [3.05, 3.63) is 53.3 Å². The minimum atomic E-state index is -4.57. The molecule has 30 heavy (non-hydrogen) atoms. The van der Waals surface area contributed by atoms with E-state index >= 15 is 0 Å². The SMILES string of the molecule is CC(C)(O)CCc1cnc(N2CCN(C(=O)c3ccccc3C(F)(F)F)CC2)nc1. The van der Waals surface area contributed by atoms with E-state index in [1.165, 1.54) is 23.1 Å². The van der Waals surface area contributed by atoms with Gasteiger partial charge in [0.1, 0.15) is 0 Å². The Bertz CT molecular complexity index is 871. The van der Waals surface area contributed by atoms with Gasteiger partial charge in [-0.1, -0.05) is 12.1 Å². The summed E-state index contributed by atoms with van der Waals surface area (Å²) in [6, 6.07) is 4.86. The molecule has 0 radical (unpaired) electrons. The molecule has 0 aliphatic carbocycles. The Morgan fingerprint density at radius 2 is 1.67 bits per heavy atom. The van der Waals surface area contributed by atoms with Crippen molar-refractivity contribution in [1.29, 1.82) is 0 Å². The predicted octanol–water partition coefficient (Wildman–Crippen LogP) is 3.16. The summed E-state index contributed by atoms with van der Waals surface area (Å²) in [6.07, 6.45) is 0.103. The van der Waals surface area contributed by atoms with Gasteiger partial charge in [0.05, 0.1) is 16.7 Å². The number of hydrogen-bond acceptors (Lipinski definition) is 5. The standard InChI is InChI=1S/C21H25F3N4O2/c1-20(2,30)8-7-15-13-25-19(26-14-15)28-11-9-27(10-12-28)18(29)16-5-3-4-6-17(16)21(22,23)24/h3-6,13-14,30H,7-12H2,1-2H3. The number of nitrogens with zero attached hydrogens (tertiary/aromatic N) is 4. The van der Waals surface area contributed by atoms with Gasteiger partial charge in [0, 0.05) is 38.6 Å². The van der Waals surface area contributed by atoms with Gasteiger partial charge in [-0.05, 0) is 44.4 Å². The van der Waals surface area contributed by atoms with Crippen LogP contribution in [0.1, 0.15) is 41.8 Å². The van der Waals surface area contributed by atoms with Crippen LogP contribution in [0.15, 0.2) is 36.7 Å². The van der Waals surface area contributed by atoms with Crippen LogP contribution in [-0.2, 0) is 12.6 Å². The van der Waals surface area contributed by atoms with E-state index in [1.807, 2.05) is 4.90 Å². The molecule has 6 nitrogen and oxygen atoms in total. The lowest BCUT2D eigenvalue weighted by Crippen LogP contribution is -2.49. The lowest BCUT2D eigenvalue weighted by atomic mass is 10.0. The van der Waals surface area contributed by atoms with E-state index in [4.69, 9.17) is 0 Å². The molecule has 0 saturated carbocycles. The maximum atomic E-state index is 13.2. The third-order valence-corrected chi connectivity index (χ3v) is 5.03. The predicted molar refractivity (Wildman–Crippen MR) is 106 cm³/mol. The summed E-state index contributed by atoms with van der Waals surface area (Å²) >= 11 is 0. The summed E-state index contributed by atoms with van der Waals surface area (Å²) in [4.78, 5) is 24.7. The average molecular weight is 422 g/mol. The quantitative estimate of drug-likeness (QED) is 0.802. The van der Waals surface area contributed by atoms with Crippen LogP contribution in [-0.4, -0.2) is 57.7 Å². The highest BCUT2D eigenvalue weighted by Crippen LogP contribution is 2.32. The first-order valence-electron chi connectivity index (χ1n) is 9.78. The Balaban J connectivity index is 1.61. The van der Waals surface area contributed by atoms with E-state index in [0.717, 1.165) is 11.6 Å². The maximum absolute atomic E-state index is 13.2. The van der Waals surface area contributed by atoms with Crippen LogP contribution in [0.3, 0.4) is 0 Å². The minimum Gasteiger partial charge on any atom is -0.390 e. The highest BCUT2D eigenvalue weighted by atomic mass is 19.4. The van der Waals surface area contributed by atoms with Crippen LogP contribution < -0.4 is 4.90 Å². The van der Waals surface area contributed by atoms with Gasteiger partial charge in [0.15, 0.2) is 0 Å². The first kappa shape index (κ1) is 22.0. The average Bonchev–Trinajstić information content (AvgIpc) is 2.71. The van der Waals surface area contributed by atoms with Gasteiger partial charge < -0.3 is 14.9 Å². The number of benzene rings is 1. The Hall–Kier alpha value is -2.68. The van der Waals surface area contributed by atoms with Crippen LogP contribution in [0.25, 0.3) is 0 Å². The third-order valence-electron chi connectivity index (χ3n) is 5.03. The van der Waals surface area contributed by atoms with Crippen molar-refractivity contribution in [1.82, 2.24) is 14.9 Å². The van der Waals surface area contributed by atoms with E-state index in [0.29, 0.717) is 31.9 Å². The zero-order valence-electron chi connectivity index (χ0n) is 17.0. The van der Waals surface area contributed by atoms with Gasteiger partial charge in [-0.2, -0.15) is 13.2 Å². The summed E-state index contributed by atoms with van der Waals surface area (Å²) in [5, 5.41) is 9.81. The molecule has 2 heterocycles. The molecule has 3 rings (SSSR count). The Kier molecular flexibility index (Phi) is 6.30. The summed E-state index contributed by atoms with van der Waals surface area (Å²) in [6.45, 7) is 4.93. The number of alkyl halides is 3. The van der Waals surface area contributed by atoms with Gasteiger partial charge in [0.25, 0.3) is 5.91 Å². The molecule has 1 saturated heterocycles. The highest BCUT2D eigenvalue weighted by molar-refractivity contribution is 5.96. The number of piperazine rings is 1. The van der Waals surface area contributed by atoms with Crippen molar-refractivity contribution < 1.29 is 23.1 Å². The molecule has 0 bridgehead atoms. The number of halogens is 3. The summed E-state index contributed by atoms with van der Waals surface area (Å²) in [7, 11) is 0. The van der Waals surface area contributed by atoms with Crippen molar-refractivity contribution >= 4 is 11.9 Å². The summed E-state index contributed by atoms with van der Waals surface area (Å²) < 4.78 is 39.6. The third kappa shape index (κ3) is 5.47. The molecule has 1 N–H and O–H groups in total. The molecule has 9 heteroatoms. The smallest absolute Gasteiger partial charge is 0.390 e. The largest absolute Gasteiger partial charge is 0.417 e. The molecule has 162 valence electrons. The lowest BCUT2D eigenvalue weighted by Gasteiger charge is -2.35. The van der Waals surface area contributed by atoms with Crippen LogP contribution in [0.5, 0.6) is 0 Å². The number of aryl methyl sites for hydroxylation is 1. The second-order valence-corrected chi connectivity index (χ2v) is 8.03. The first-order valence-corrected chi connectivity index (χ1v) is 9.78. The lowest BCUT2D eigenvalue weighted by molar-refractivity contribution is -0.138. The Morgan fingerprint density at radius 3 is 2.23 bits per heavy atom. The Labute approximate surface area is 173 Å². The fourth-order valence-corrected chi connectivity index (χ4v) is 3.29. The number of aliphatic hydroxyl groups is 1. The molecule has 0 unspecified atom stereocenters. The second-order valence-electron chi connectivity index (χ2n) is 8.03. The van der Waals surface area contributed by atoms with E-state index in [1.54, 1.807) is 26.2 Å².